The molecule has 0 aliphatic heterocycles. The molecule has 3 nitrogen and oxygen atoms in total. The lowest BCUT2D eigenvalue weighted by Gasteiger charge is -2.27. The molecular weight excluding hydrogens is 252 g/mol. The third-order valence-electron chi connectivity index (χ3n) is 4.15. The van der Waals surface area contributed by atoms with Gasteiger partial charge in [-0.1, -0.05) is 38.0 Å². The Morgan fingerprint density at radius 2 is 2.20 bits per heavy atom. The van der Waals surface area contributed by atoms with E-state index in [-0.39, 0.29) is 6.10 Å². The van der Waals surface area contributed by atoms with Gasteiger partial charge in [-0.3, -0.25) is 0 Å². The summed E-state index contributed by atoms with van der Waals surface area (Å²) < 4.78 is 11.5. The summed E-state index contributed by atoms with van der Waals surface area (Å²) in [6, 6.07) is 9.69. The molecule has 1 heterocycles. The zero-order chi connectivity index (χ0) is 13.9. The molecule has 1 aromatic heterocycles. The molecular formula is C17H22O3. The molecule has 108 valence electrons. The van der Waals surface area contributed by atoms with Crippen molar-refractivity contribution in [2.24, 2.45) is 5.92 Å². The van der Waals surface area contributed by atoms with Crippen LogP contribution in [0.2, 0.25) is 0 Å². The van der Waals surface area contributed by atoms with Gasteiger partial charge in [0.15, 0.2) is 0 Å². The molecule has 1 aliphatic carbocycles. The van der Waals surface area contributed by atoms with Crippen molar-refractivity contribution in [2.45, 2.75) is 44.8 Å². The van der Waals surface area contributed by atoms with Gasteiger partial charge in [0.25, 0.3) is 0 Å². The van der Waals surface area contributed by atoms with E-state index in [4.69, 9.17) is 9.15 Å². The summed E-state index contributed by atoms with van der Waals surface area (Å²) in [5.41, 5.74) is 0.813. The minimum absolute atomic E-state index is 0.290. The Balaban J connectivity index is 1.59. The fourth-order valence-corrected chi connectivity index (χ4v) is 3.01. The lowest BCUT2D eigenvalue weighted by atomic mass is 9.89. The van der Waals surface area contributed by atoms with Crippen molar-refractivity contribution >= 4 is 11.0 Å². The number of rotatable bonds is 4. The molecule has 0 saturated heterocycles. The number of aliphatic hydroxyl groups is 1. The van der Waals surface area contributed by atoms with Gasteiger partial charge in [0.2, 0.25) is 0 Å². The zero-order valence-corrected chi connectivity index (χ0v) is 11.9. The standard InChI is InChI=1S/C17H22O3/c1-12-5-4-7-14(9-12)19-11-15(18)17-10-13-6-2-3-8-16(13)20-17/h2-3,6,8,10,12,14-15,18H,4-5,7,9,11H2,1H3. The summed E-state index contributed by atoms with van der Waals surface area (Å²) in [4.78, 5) is 0. The summed E-state index contributed by atoms with van der Waals surface area (Å²) in [5, 5.41) is 11.2. The molecule has 0 radical (unpaired) electrons. The summed E-state index contributed by atoms with van der Waals surface area (Å²) in [6.07, 6.45) is 4.35. The van der Waals surface area contributed by atoms with Gasteiger partial charge in [-0.15, -0.1) is 0 Å². The predicted molar refractivity (Wildman–Crippen MR) is 78.5 cm³/mol. The highest BCUT2D eigenvalue weighted by atomic mass is 16.5. The van der Waals surface area contributed by atoms with Crippen molar-refractivity contribution in [3.63, 3.8) is 0 Å². The Morgan fingerprint density at radius 3 is 3.00 bits per heavy atom. The highest BCUT2D eigenvalue weighted by Crippen LogP contribution is 2.28. The molecule has 0 amide bonds. The second kappa shape index (κ2) is 5.98. The molecule has 3 rings (SSSR count). The van der Waals surface area contributed by atoms with Gasteiger partial charge in [-0.2, -0.15) is 0 Å². The summed E-state index contributed by atoms with van der Waals surface area (Å²) in [5.74, 6) is 1.33. The first-order valence-corrected chi connectivity index (χ1v) is 7.50. The fourth-order valence-electron chi connectivity index (χ4n) is 3.01. The van der Waals surface area contributed by atoms with Crippen molar-refractivity contribution in [1.29, 1.82) is 0 Å². The maximum absolute atomic E-state index is 10.2. The number of aliphatic hydroxyl groups excluding tert-OH is 1. The molecule has 3 atom stereocenters. The third-order valence-corrected chi connectivity index (χ3v) is 4.15. The molecule has 0 bridgehead atoms. The molecule has 0 spiro atoms. The molecule has 20 heavy (non-hydrogen) atoms. The van der Waals surface area contributed by atoms with E-state index in [0.29, 0.717) is 12.4 Å². The number of fused-ring (bicyclic) bond motifs is 1. The molecule has 2 aromatic rings. The lowest BCUT2D eigenvalue weighted by Crippen LogP contribution is -2.23. The van der Waals surface area contributed by atoms with Crippen LogP contribution in [-0.2, 0) is 4.74 Å². The molecule has 3 unspecified atom stereocenters. The van der Waals surface area contributed by atoms with Crippen LogP contribution >= 0.6 is 0 Å². The third kappa shape index (κ3) is 3.05. The van der Waals surface area contributed by atoms with Gasteiger partial charge in [-0.25, -0.2) is 0 Å². The average Bonchev–Trinajstić information content (AvgIpc) is 2.89. The Labute approximate surface area is 119 Å². The second-order valence-electron chi connectivity index (χ2n) is 5.93. The van der Waals surface area contributed by atoms with Gasteiger partial charge in [0.1, 0.15) is 17.4 Å². The Morgan fingerprint density at radius 1 is 1.35 bits per heavy atom. The highest BCUT2D eigenvalue weighted by Gasteiger charge is 2.21. The van der Waals surface area contributed by atoms with Crippen LogP contribution in [0, 0.1) is 5.92 Å². The molecule has 1 N–H and O–H groups in total. The van der Waals surface area contributed by atoms with Crippen molar-refractivity contribution in [3.8, 4) is 0 Å². The number of ether oxygens (including phenoxy) is 1. The number of furan rings is 1. The summed E-state index contributed by atoms with van der Waals surface area (Å²) in [7, 11) is 0. The number of benzene rings is 1. The lowest BCUT2D eigenvalue weighted by molar-refractivity contribution is -0.0373. The van der Waals surface area contributed by atoms with E-state index in [1.54, 1.807) is 0 Å². The van der Waals surface area contributed by atoms with E-state index in [1.165, 1.54) is 12.8 Å². The molecule has 1 fully saturated rings. The highest BCUT2D eigenvalue weighted by molar-refractivity contribution is 5.77. The summed E-state index contributed by atoms with van der Waals surface area (Å²) >= 11 is 0. The van der Waals surface area contributed by atoms with Crippen LogP contribution in [0.25, 0.3) is 11.0 Å². The number of hydrogen-bond acceptors (Lipinski definition) is 3. The van der Waals surface area contributed by atoms with E-state index in [1.807, 2.05) is 30.3 Å². The SMILES string of the molecule is CC1CCCC(OCC(O)c2cc3ccccc3o2)C1. The van der Waals surface area contributed by atoms with E-state index in [2.05, 4.69) is 6.92 Å². The molecule has 1 aromatic carbocycles. The average molecular weight is 274 g/mol. The van der Waals surface area contributed by atoms with Crippen molar-refractivity contribution in [2.75, 3.05) is 6.61 Å². The van der Waals surface area contributed by atoms with Crippen LogP contribution in [0.5, 0.6) is 0 Å². The quantitative estimate of drug-likeness (QED) is 0.914. The maximum Gasteiger partial charge on any atom is 0.136 e. The van der Waals surface area contributed by atoms with Crippen molar-refractivity contribution < 1.29 is 14.3 Å². The Bertz CT molecular complexity index is 527. The number of hydrogen-bond donors (Lipinski definition) is 1. The van der Waals surface area contributed by atoms with Crippen LogP contribution in [-0.4, -0.2) is 17.8 Å². The predicted octanol–water partition coefficient (Wildman–Crippen LogP) is 4.06. The first-order chi connectivity index (χ1) is 9.72. The minimum Gasteiger partial charge on any atom is -0.458 e. The van der Waals surface area contributed by atoms with Crippen LogP contribution in [0.4, 0.5) is 0 Å². The van der Waals surface area contributed by atoms with Gasteiger partial charge in [0, 0.05) is 5.39 Å². The second-order valence-corrected chi connectivity index (χ2v) is 5.93. The smallest absolute Gasteiger partial charge is 0.136 e. The Kier molecular flexibility index (Phi) is 4.08. The minimum atomic E-state index is -0.681. The monoisotopic (exact) mass is 274 g/mol. The largest absolute Gasteiger partial charge is 0.458 e. The fraction of sp³-hybridized carbons (Fsp3) is 0.529. The van der Waals surface area contributed by atoms with Gasteiger partial charge in [-0.05, 0) is 30.9 Å². The van der Waals surface area contributed by atoms with E-state index in [0.717, 1.165) is 29.7 Å². The first-order valence-electron chi connectivity index (χ1n) is 7.50. The van der Waals surface area contributed by atoms with Crippen LogP contribution in [0.15, 0.2) is 34.7 Å². The van der Waals surface area contributed by atoms with E-state index >= 15 is 0 Å². The van der Waals surface area contributed by atoms with E-state index < -0.39 is 6.10 Å². The zero-order valence-electron chi connectivity index (χ0n) is 11.9. The summed E-state index contributed by atoms with van der Waals surface area (Å²) in [6.45, 7) is 2.59. The van der Waals surface area contributed by atoms with Crippen LogP contribution in [0.3, 0.4) is 0 Å². The maximum atomic E-state index is 10.2. The normalized spacial score (nSPS) is 24.9. The number of para-hydroxylation sites is 1. The first kappa shape index (κ1) is 13.7. The topological polar surface area (TPSA) is 42.6 Å². The molecule has 3 heteroatoms. The van der Waals surface area contributed by atoms with Gasteiger partial charge in [0.05, 0.1) is 12.7 Å². The van der Waals surface area contributed by atoms with Gasteiger partial charge < -0.3 is 14.3 Å². The van der Waals surface area contributed by atoms with Gasteiger partial charge >= 0.3 is 0 Å². The van der Waals surface area contributed by atoms with Crippen LogP contribution < -0.4 is 0 Å². The van der Waals surface area contributed by atoms with Crippen LogP contribution in [0.1, 0.15) is 44.5 Å². The van der Waals surface area contributed by atoms with E-state index in [9.17, 15) is 5.11 Å². The molecule has 1 aliphatic rings. The molecule has 1 saturated carbocycles. The van der Waals surface area contributed by atoms with Crippen molar-refractivity contribution in [3.05, 3.63) is 36.1 Å². The van der Waals surface area contributed by atoms with Crippen molar-refractivity contribution in [1.82, 2.24) is 0 Å². The Hall–Kier alpha value is -1.32.